The van der Waals surface area contributed by atoms with Crippen LogP contribution in [0.1, 0.15) is 17.5 Å². The van der Waals surface area contributed by atoms with Crippen molar-refractivity contribution in [2.75, 3.05) is 13.6 Å². The number of carbonyl (C=O) groups excluding carboxylic acids is 1. The molecule has 1 amide bonds. The third-order valence-electron chi connectivity index (χ3n) is 3.36. The van der Waals surface area contributed by atoms with Gasteiger partial charge in [-0.15, -0.1) is 0 Å². The van der Waals surface area contributed by atoms with Crippen molar-refractivity contribution >= 4 is 12.0 Å². The Bertz CT molecular complexity index is 719. The summed E-state index contributed by atoms with van der Waals surface area (Å²) < 4.78 is 5.69. The van der Waals surface area contributed by atoms with Gasteiger partial charge in [0.25, 0.3) is 0 Å². The molecule has 122 valence electrons. The van der Waals surface area contributed by atoms with E-state index in [1.807, 2.05) is 42.5 Å². The van der Waals surface area contributed by atoms with Crippen molar-refractivity contribution in [3.8, 4) is 11.8 Å². The second-order valence-electron chi connectivity index (χ2n) is 5.22. The van der Waals surface area contributed by atoms with Crippen LogP contribution >= 0.6 is 0 Å². The number of pyridine rings is 1. The summed E-state index contributed by atoms with van der Waals surface area (Å²) in [5.74, 6) is 0.635. The van der Waals surface area contributed by atoms with Crippen molar-refractivity contribution in [1.29, 1.82) is 5.26 Å². The van der Waals surface area contributed by atoms with Crippen LogP contribution in [0, 0.1) is 11.3 Å². The van der Waals surface area contributed by atoms with Crippen molar-refractivity contribution in [3.63, 3.8) is 0 Å². The van der Waals surface area contributed by atoms with E-state index in [-0.39, 0.29) is 5.91 Å². The molecule has 0 fully saturated rings. The molecule has 0 saturated carbocycles. The lowest BCUT2D eigenvalue weighted by atomic mass is 10.2. The fourth-order valence-corrected chi connectivity index (χ4v) is 1.95. The molecule has 1 aromatic carbocycles. The molecule has 0 radical (unpaired) electrons. The van der Waals surface area contributed by atoms with Gasteiger partial charge in [0.1, 0.15) is 12.4 Å². The first-order valence-corrected chi connectivity index (χ1v) is 7.61. The molecule has 0 bridgehead atoms. The van der Waals surface area contributed by atoms with Gasteiger partial charge in [0, 0.05) is 37.6 Å². The standard InChI is InChI=1S/C19H19N3O2/c1-22(13-3-11-20)19(23)10-7-16-5-8-18(9-6-16)24-15-17-4-2-12-21-14-17/h2,4-10,12,14H,3,13,15H2,1H3. The highest BCUT2D eigenvalue weighted by Gasteiger charge is 2.03. The van der Waals surface area contributed by atoms with Gasteiger partial charge < -0.3 is 9.64 Å². The molecule has 0 aliphatic heterocycles. The third-order valence-corrected chi connectivity index (χ3v) is 3.36. The van der Waals surface area contributed by atoms with Crippen molar-refractivity contribution in [2.45, 2.75) is 13.0 Å². The quantitative estimate of drug-likeness (QED) is 0.735. The fourth-order valence-electron chi connectivity index (χ4n) is 1.95. The molecule has 1 aromatic heterocycles. The first-order chi connectivity index (χ1) is 11.7. The normalized spacial score (nSPS) is 10.3. The second kappa shape index (κ2) is 9.11. The molecule has 0 atom stereocenters. The molecule has 0 unspecified atom stereocenters. The van der Waals surface area contributed by atoms with Gasteiger partial charge in [-0.1, -0.05) is 18.2 Å². The SMILES string of the molecule is CN(CCC#N)C(=O)C=Cc1ccc(OCc2cccnc2)cc1. The summed E-state index contributed by atoms with van der Waals surface area (Å²) in [7, 11) is 1.68. The van der Waals surface area contributed by atoms with Gasteiger partial charge in [0.2, 0.25) is 5.91 Å². The highest BCUT2D eigenvalue weighted by Crippen LogP contribution is 2.15. The number of aromatic nitrogens is 1. The predicted octanol–water partition coefficient (Wildman–Crippen LogP) is 3.05. The molecule has 0 saturated heterocycles. The minimum atomic E-state index is -0.123. The highest BCUT2D eigenvalue weighted by atomic mass is 16.5. The molecule has 0 aliphatic carbocycles. The Morgan fingerprint density at radius 2 is 2.12 bits per heavy atom. The smallest absolute Gasteiger partial charge is 0.246 e. The summed E-state index contributed by atoms with van der Waals surface area (Å²) in [6, 6.07) is 13.3. The van der Waals surface area contributed by atoms with E-state index in [1.54, 1.807) is 25.5 Å². The molecular weight excluding hydrogens is 302 g/mol. The van der Waals surface area contributed by atoms with Crippen LogP contribution < -0.4 is 4.74 Å². The second-order valence-corrected chi connectivity index (χ2v) is 5.22. The zero-order chi connectivity index (χ0) is 17.2. The van der Waals surface area contributed by atoms with E-state index in [0.29, 0.717) is 19.6 Å². The molecule has 5 nitrogen and oxygen atoms in total. The predicted molar refractivity (Wildman–Crippen MR) is 91.9 cm³/mol. The van der Waals surface area contributed by atoms with Gasteiger partial charge in [0.15, 0.2) is 0 Å². The first kappa shape index (κ1) is 17.2. The maximum Gasteiger partial charge on any atom is 0.246 e. The van der Waals surface area contributed by atoms with Crippen LogP contribution in [-0.2, 0) is 11.4 Å². The Hall–Kier alpha value is -3.13. The topological polar surface area (TPSA) is 66.2 Å². The van der Waals surface area contributed by atoms with Crippen LogP contribution in [0.3, 0.4) is 0 Å². The lowest BCUT2D eigenvalue weighted by Crippen LogP contribution is -2.25. The van der Waals surface area contributed by atoms with E-state index < -0.39 is 0 Å². The summed E-state index contributed by atoms with van der Waals surface area (Å²) in [5, 5.41) is 8.53. The molecule has 2 aromatic rings. The lowest BCUT2D eigenvalue weighted by molar-refractivity contribution is -0.124. The zero-order valence-electron chi connectivity index (χ0n) is 13.6. The average molecular weight is 321 g/mol. The van der Waals surface area contributed by atoms with E-state index in [2.05, 4.69) is 4.98 Å². The lowest BCUT2D eigenvalue weighted by Gasteiger charge is -2.12. The zero-order valence-corrected chi connectivity index (χ0v) is 13.6. The molecule has 0 spiro atoms. The maximum atomic E-state index is 11.8. The Kier molecular flexibility index (Phi) is 6.54. The third kappa shape index (κ3) is 5.58. The van der Waals surface area contributed by atoms with Gasteiger partial charge in [-0.25, -0.2) is 0 Å². The van der Waals surface area contributed by atoms with Crippen molar-refractivity contribution in [3.05, 3.63) is 66.0 Å². The Balaban J connectivity index is 1.86. The molecule has 5 heteroatoms. The van der Waals surface area contributed by atoms with Crippen LogP contribution in [0.15, 0.2) is 54.9 Å². The Labute approximate surface area is 141 Å². The number of ether oxygens (including phenoxy) is 1. The van der Waals surface area contributed by atoms with Crippen LogP contribution in [0.4, 0.5) is 0 Å². The van der Waals surface area contributed by atoms with E-state index in [1.165, 1.54) is 11.0 Å². The summed E-state index contributed by atoms with van der Waals surface area (Å²) in [4.78, 5) is 17.4. The minimum absolute atomic E-state index is 0.123. The van der Waals surface area contributed by atoms with Crippen molar-refractivity contribution in [2.24, 2.45) is 0 Å². The van der Waals surface area contributed by atoms with Crippen LogP contribution in [0.5, 0.6) is 5.75 Å². The molecule has 0 aliphatic rings. The van der Waals surface area contributed by atoms with Gasteiger partial charge in [0.05, 0.1) is 12.5 Å². The number of nitriles is 1. The Morgan fingerprint density at radius 3 is 2.79 bits per heavy atom. The summed E-state index contributed by atoms with van der Waals surface area (Å²) in [6.07, 6.45) is 7.08. The molecule has 2 rings (SSSR count). The van der Waals surface area contributed by atoms with E-state index in [4.69, 9.17) is 10.00 Å². The maximum absolute atomic E-state index is 11.8. The number of hydrogen-bond acceptors (Lipinski definition) is 4. The number of rotatable bonds is 7. The number of carbonyl (C=O) groups is 1. The fraction of sp³-hybridized carbons (Fsp3) is 0.211. The van der Waals surface area contributed by atoms with Crippen molar-refractivity contribution in [1.82, 2.24) is 9.88 Å². The molecule has 1 heterocycles. The number of benzene rings is 1. The first-order valence-electron chi connectivity index (χ1n) is 7.61. The number of likely N-dealkylation sites (N-methyl/N-ethyl adjacent to an activating group) is 1. The van der Waals surface area contributed by atoms with Crippen LogP contribution in [-0.4, -0.2) is 29.4 Å². The Morgan fingerprint density at radius 1 is 1.33 bits per heavy atom. The minimum Gasteiger partial charge on any atom is -0.489 e. The molecular formula is C19H19N3O2. The van der Waals surface area contributed by atoms with E-state index in [9.17, 15) is 4.79 Å². The number of nitrogens with zero attached hydrogens (tertiary/aromatic N) is 3. The summed E-state index contributed by atoms with van der Waals surface area (Å²) >= 11 is 0. The average Bonchev–Trinajstić information content (AvgIpc) is 2.64. The van der Waals surface area contributed by atoms with Gasteiger partial charge in [-0.3, -0.25) is 9.78 Å². The largest absolute Gasteiger partial charge is 0.489 e. The highest BCUT2D eigenvalue weighted by molar-refractivity contribution is 5.91. The summed E-state index contributed by atoms with van der Waals surface area (Å²) in [5.41, 5.74) is 1.92. The van der Waals surface area contributed by atoms with Crippen molar-refractivity contribution < 1.29 is 9.53 Å². The summed E-state index contributed by atoms with van der Waals surface area (Å²) in [6.45, 7) is 0.895. The van der Waals surface area contributed by atoms with Gasteiger partial charge >= 0.3 is 0 Å². The van der Waals surface area contributed by atoms with Gasteiger partial charge in [-0.2, -0.15) is 5.26 Å². The van der Waals surface area contributed by atoms with Gasteiger partial charge in [-0.05, 0) is 29.8 Å². The number of amides is 1. The van der Waals surface area contributed by atoms with Crippen LogP contribution in [0.2, 0.25) is 0 Å². The van der Waals surface area contributed by atoms with Crippen LogP contribution in [0.25, 0.3) is 6.08 Å². The number of hydrogen-bond donors (Lipinski definition) is 0. The molecule has 0 N–H and O–H groups in total. The van der Waals surface area contributed by atoms with E-state index in [0.717, 1.165) is 16.9 Å². The molecule has 24 heavy (non-hydrogen) atoms. The van der Waals surface area contributed by atoms with E-state index >= 15 is 0 Å². The monoisotopic (exact) mass is 321 g/mol.